The Kier molecular flexibility index (Phi) is 4.80. The van der Waals surface area contributed by atoms with E-state index in [4.69, 9.17) is 10.5 Å². The number of nitrogens with zero attached hydrogens (tertiary/aromatic N) is 1. The van der Waals surface area contributed by atoms with Crippen LogP contribution in [0.3, 0.4) is 0 Å². The molecule has 1 fully saturated rings. The summed E-state index contributed by atoms with van der Waals surface area (Å²) in [6.07, 6.45) is 1.91. The van der Waals surface area contributed by atoms with Crippen molar-refractivity contribution in [1.29, 1.82) is 0 Å². The highest BCUT2D eigenvalue weighted by Gasteiger charge is 2.25. The Balaban J connectivity index is 1.87. The van der Waals surface area contributed by atoms with Crippen molar-refractivity contribution in [3.05, 3.63) is 29.8 Å². The van der Waals surface area contributed by atoms with Gasteiger partial charge in [0.25, 0.3) is 5.91 Å². The first-order chi connectivity index (χ1) is 9.24. The first kappa shape index (κ1) is 13.9. The molecule has 1 atom stereocenters. The van der Waals surface area contributed by atoms with Crippen molar-refractivity contribution in [2.24, 2.45) is 11.7 Å². The molecule has 1 aliphatic rings. The second-order valence-electron chi connectivity index (χ2n) is 4.98. The fraction of sp³-hybridized carbons (Fsp3) is 0.533. The van der Waals surface area contributed by atoms with E-state index in [9.17, 15) is 4.79 Å². The minimum atomic E-state index is 0.0573. The third-order valence-electron chi connectivity index (χ3n) is 3.68. The van der Waals surface area contributed by atoms with Gasteiger partial charge in [-0.2, -0.15) is 0 Å². The number of nitrogens with two attached hydrogens (primary N) is 1. The molecule has 19 heavy (non-hydrogen) atoms. The van der Waals surface area contributed by atoms with E-state index in [0.717, 1.165) is 37.2 Å². The van der Waals surface area contributed by atoms with E-state index in [-0.39, 0.29) is 12.5 Å². The molecule has 0 aliphatic carbocycles. The molecule has 4 heteroatoms. The van der Waals surface area contributed by atoms with E-state index in [1.165, 1.54) is 0 Å². The van der Waals surface area contributed by atoms with Gasteiger partial charge in [0.05, 0.1) is 0 Å². The summed E-state index contributed by atoms with van der Waals surface area (Å²) < 4.78 is 5.65. The number of benzene rings is 1. The number of para-hydroxylation sites is 1. The maximum Gasteiger partial charge on any atom is 0.260 e. The van der Waals surface area contributed by atoms with Gasteiger partial charge >= 0.3 is 0 Å². The average molecular weight is 262 g/mol. The number of hydrogen-bond donors (Lipinski definition) is 1. The minimum absolute atomic E-state index is 0.0573. The molecule has 1 amide bonds. The molecule has 1 saturated heterocycles. The molecular formula is C15H22N2O2. The van der Waals surface area contributed by atoms with Crippen molar-refractivity contribution in [1.82, 2.24) is 4.90 Å². The zero-order valence-corrected chi connectivity index (χ0v) is 11.5. The Morgan fingerprint density at radius 2 is 2.26 bits per heavy atom. The molecule has 4 nitrogen and oxygen atoms in total. The van der Waals surface area contributed by atoms with Crippen LogP contribution in [0.1, 0.15) is 18.9 Å². The highest BCUT2D eigenvalue weighted by Crippen LogP contribution is 2.19. The molecular weight excluding hydrogens is 240 g/mol. The molecule has 1 aromatic carbocycles. The summed E-state index contributed by atoms with van der Waals surface area (Å²) in [5, 5.41) is 0. The van der Waals surface area contributed by atoms with E-state index in [1.807, 2.05) is 29.2 Å². The van der Waals surface area contributed by atoms with E-state index < -0.39 is 0 Å². The number of rotatable bonds is 5. The van der Waals surface area contributed by atoms with Gasteiger partial charge in [-0.05, 0) is 36.9 Å². The number of carbonyl (C=O) groups excluding carboxylic acids is 1. The maximum atomic E-state index is 12.0. The largest absolute Gasteiger partial charge is 0.483 e. The van der Waals surface area contributed by atoms with Crippen LogP contribution in [-0.4, -0.2) is 37.0 Å². The highest BCUT2D eigenvalue weighted by atomic mass is 16.5. The summed E-state index contributed by atoms with van der Waals surface area (Å²) in [5.41, 5.74) is 6.77. The van der Waals surface area contributed by atoms with Crippen LogP contribution in [0.2, 0.25) is 0 Å². The summed E-state index contributed by atoms with van der Waals surface area (Å²) in [6, 6.07) is 7.86. The molecule has 0 bridgehead atoms. The van der Waals surface area contributed by atoms with Crippen LogP contribution in [0.5, 0.6) is 5.75 Å². The Hall–Kier alpha value is -1.55. The van der Waals surface area contributed by atoms with Crippen LogP contribution in [-0.2, 0) is 11.2 Å². The van der Waals surface area contributed by atoms with Crippen molar-refractivity contribution in [3.63, 3.8) is 0 Å². The third kappa shape index (κ3) is 3.47. The fourth-order valence-electron chi connectivity index (χ4n) is 2.42. The van der Waals surface area contributed by atoms with Crippen molar-refractivity contribution in [3.8, 4) is 5.75 Å². The Labute approximate surface area is 114 Å². The van der Waals surface area contributed by atoms with Crippen LogP contribution in [0.15, 0.2) is 24.3 Å². The summed E-state index contributed by atoms with van der Waals surface area (Å²) in [5.74, 6) is 1.32. The molecule has 0 radical (unpaired) electrons. The molecule has 104 valence electrons. The number of ether oxygens (including phenoxy) is 1. The van der Waals surface area contributed by atoms with Gasteiger partial charge in [-0.25, -0.2) is 0 Å². The smallest absolute Gasteiger partial charge is 0.260 e. The van der Waals surface area contributed by atoms with Crippen LogP contribution in [0.25, 0.3) is 0 Å². The topological polar surface area (TPSA) is 55.6 Å². The first-order valence-electron chi connectivity index (χ1n) is 6.93. The second-order valence-corrected chi connectivity index (χ2v) is 4.98. The predicted octanol–water partition coefficient (Wildman–Crippen LogP) is 1.43. The van der Waals surface area contributed by atoms with Crippen LogP contribution in [0.4, 0.5) is 0 Å². The van der Waals surface area contributed by atoms with Crippen LogP contribution < -0.4 is 10.5 Å². The molecule has 0 spiro atoms. The molecule has 0 aromatic heterocycles. The zero-order valence-electron chi connectivity index (χ0n) is 11.5. The van der Waals surface area contributed by atoms with Gasteiger partial charge in [-0.15, -0.1) is 0 Å². The van der Waals surface area contributed by atoms with Crippen LogP contribution >= 0.6 is 0 Å². The molecule has 1 heterocycles. The van der Waals surface area contributed by atoms with Gasteiger partial charge < -0.3 is 15.4 Å². The molecule has 0 saturated carbocycles. The lowest BCUT2D eigenvalue weighted by molar-refractivity contribution is -0.132. The predicted molar refractivity (Wildman–Crippen MR) is 75.1 cm³/mol. The number of likely N-dealkylation sites (tertiary alicyclic amines) is 1. The van der Waals surface area contributed by atoms with E-state index in [2.05, 4.69) is 6.92 Å². The van der Waals surface area contributed by atoms with Crippen molar-refractivity contribution in [2.75, 3.05) is 26.2 Å². The summed E-state index contributed by atoms with van der Waals surface area (Å²) in [6.45, 7) is 4.43. The summed E-state index contributed by atoms with van der Waals surface area (Å²) in [7, 11) is 0. The zero-order chi connectivity index (χ0) is 13.7. The number of hydrogen-bond acceptors (Lipinski definition) is 3. The number of aryl methyl sites for hydroxylation is 1. The number of amides is 1. The quantitative estimate of drug-likeness (QED) is 0.873. The third-order valence-corrected chi connectivity index (χ3v) is 3.68. The van der Waals surface area contributed by atoms with Crippen molar-refractivity contribution < 1.29 is 9.53 Å². The lowest BCUT2D eigenvalue weighted by atomic mass is 10.1. The van der Waals surface area contributed by atoms with Gasteiger partial charge in [-0.1, -0.05) is 25.1 Å². The van der Waals surface area contributed by atoms with Crippen molar-refractivity contribution >= 4 is 5.91 Å². The molecule has 2 rings (SSSR count). The average Bonchev–Trinajstić information content (AvgIpc) is 2.94. The summed E-state index contributed by atoms with van der Waals surface area (Å²) in [4.78, 5) is 13.9. The standard InChI is InChI=1S/C15H22N2O2/c1-2-13-5-3-4-6-14(13)19-11-15(18)17-8-7-12(9-16)10-17/h3-6,12H,2,7-11,16H2,1H3/t12-/m1/s1. The number of carbonyl (C=O) groups is 1. The van der Waals surface area contributed by atoms with Gasteiger partial charge in [0.15, 0.2) is 6.61 Å². The van der Waals surface area contributed by atoms with Gasteiger partial charge in [0, 0.05) is 13.1 Å². The van der Waals surface area contributed by atoms with Gasteiger partial charge in [-0.3, -0.25) is 4.79 Å². The fourth-order valence-corrected chi connectivity index (χ4v) is 2.42. The lowest BCUT2D eigenvalue weighted by Crippen LogP contribution is -2.33. The molecule has 1 aliphatic heterocycles. The Morgan fingerprint density at radius 1 is 1.47 bits per heavy atom. The SMILES string of the molecule is CCc1ccccc1OCC(=O)N1CC[C@H](CN)C1. The summed E-state index contributed by atoms with van der Waals surface area (Å²) >= 11 is 0. The van der Waals surface area contributed by atoms with E-state index >= 15 is 0 Å². The monoisotopic (exact) mass is 262 g/mol. The second kappa shape index (κ2) is 6.57. The lowest BCUT2D eigenvalue weighted by Gasteiger charge is -2.17. The maximum absolute atomic E-state index is 12.0. The normalized spacial score (nSPS) is 18.6. The van der Waals surface area contributed by atoms with Crippen LogP contribution in [0, 0.1) is 5.92 Å². The van der Waals surface area contributed by atoms with Gasteiger partial charge in [0.1, 0.15) is 5.75 Å². The first-order valence-corrected chi connectivity index (χ1v) is 6.93. The van der Waals surface area contributed by atoms with E-state index in [0.29, 0.717) is 12.5 Å². The van der Waals surface area contributed by atoms with E-state index in [1.54, 1.807) is 0 Å². The van der Waals surface area contributed by atoms with Crippen molar-refractivity contribution in [2.45, 2.75) is 19.8 Å². The van der Waals surface area contributed by atoms with Gasteiger partial charge in [0.2, 0.25) is 0 Å². The Morgan fingerprint density at radius 3 is 2.95 bits per heavy atom. The molecule has 1 aromatic rings. The highest BCUT2D eigenvalue weighted by molar-refractivity contribution is 5.78. The minimum Gasteiger partial charge on any atom is -0.483 e. The molecule has 0 unspecified atom stereocenters. The molecule has 2 N–H and O–H groups in total. The Bertz CT molecular complexity index is 434.